The van der Waals surface area contributed by atoms with E-state index in [1.807, 2.05) is 36.4 Å². The molecule has 7 heteroatoms. The number of hydrogen-bond acceptors (Lipinski definition) is 5. The number of carbonyl (C=O) groups excluding carboxylic acids is 2. The maximum Gasteiger partial charge on any atom is 0.321 e. The second-order valence-electron chi connectivity index (χ2n) is 6.80. The molecule has 3 rings (SSSR count). The Labute approximate surface area is 155 Å². The van der Waals surface area contributed by atoms with Crippen molar-refractivity contribution in [1.82, 2.24) is 0 Å². The zero-order valence-corrected chi connectivity index (χ0v) is 15.3. The molecule has 0 saturated carbocycles. The van der Waals surface area contributed by atoms with Gasteiger partial charge in [-0.15, -0.1) is 11.8 Å². The van der Waals surface area contributed by atoms with E-state index < -0.39 is 22.0 Å². The van der Waals surface area contributed by atoms with Crippen molar-refractivity contribution in [3.63, 3.8) is 0 Å². The fourth-order valence-corrected chi connectivity index (χ4v) is 4.50. The molecule has 3 N–H and O–H groups in total. The van der Waals surface area contributed by atoms with Crippen molar-refractivity contribution in [2.45, 2.75) is 36.3 Å². The van der Waals surface area contributed by atoms with Gasteiger partial charge in [0, 0.05) is 16.6 Å². The number of nitrogens with two attached hydrogens (primary N) is 1. The third kappa shape index (κ3) is 3.20. The molecular weight excluding hydrogens is 352 g/mol. The van der Waals surface area contributed by atoms with Crippen molar-refractivity contribution in [2.24, 2.45) is 5.73 Å². The highest BCUT2D eigenvalue weighted by Crippen LogP contribution is 2.39. The summed E-state index contributed by atoms with van der Waals surface area (Å²) in [6, 6.07) is 11.9. The molecule has 1 aliphatic rings. The van der Waals surface area contributed by atoms with Crippen LogP contribution in [0.15, 0.2) is 42.5 Å². The normalized spacial score (nSPS) is 19.2. The van der Waals surface area contributed by atoms with Crippen LogP contribution in [0.2, 0.25) is 0 Å². The van der Waals surface area contributed by atoms with E-state index in [-0.39, 0.29) is 18.2 Å². The molecule has 0 bridgehead atoms. The molecule has 2 aromatic rings. The molecule has 2 unspecified atom stereocenters. The van der Waals surface area contributed by atoms with Gasteiger partial charge in [-0.25, -0.2) is 4.90 Å². The first-order chi connectivity index (χ1) is 12.2. The first-order valence-electron chi connectivity index (χ1n) is 8.23. The van der Waals surface area contributed by atoms with Crippen molar-refractivity contribution in [3.8, 4) is 0 Å². The molecule has 0 spiro atoms. The number of thioether (sulfide) groups is 1. The molecule has 2 amide bonds. The van der Waals surface area contributed by atoms with E-state index >= 15 is 0 Å². The van der Waals surface area contributed by atoms with Crippen LogP contribution in [0.3, 0.4) is 0 Å². The van der Waals surface area contributed by atoms with Crippen molar-refractivity contribution in [1.29, 1.82) is 0 Å². The highest BCUT2D eigenvalue weighted by atomic mass is 32.2. The van der Waals surface area contributed by atoms with E-state index in [1.54, 1.807) is 19.9 Å². The van der Waals surface area contributed by atoms with E-state index in [9.17, 15) is 14.4 Å². The van der Waals surface area contributed by atoms with Gasteiger partial charge in [-0.2, -0.15) is 0 Å². The van der Waals surface area contributed by atoms with Crippen LogP contribution in [0.4, 0.5) is 5.69 Å². The van der Waals surface area contributed by atoms with Gasteiger partial charge < -0.3 is 10.8 Å². The van der Waals surface area contributed by atoms with Gasteiger partial charge in [-0.1, -0.05) is 36.4 Å². The minimum atomic E-state index is -1.14. The molecule has 6 nitrogen and oxygen atoms in total. The Hall–Kier alpha value is -2.38. The predicted octanol–water partition coefficient (Wildman–Crippen LogP) is 2.40. The monoisotopic (exact) mass is 372 g/mol. The Morgan fingerprint density at radius 2 is 1.88 bits per heavy atom. The lowest BCUT2D eigenvalue weighted by Gasteiger charge is -2.30. The first kappa shape index (κ1) is 18.4. The quantitative estimate of drug-likeness (QED) is 0.782. The highest BCUT2D eigenvalue weighted by molar-refractivity contribution is 8.02. The number of carboxylic acids is 1. The van der Waals surface area contributed by atoms with E-state index in [1.165, 1.54) is 4.90 Å². The Morgan fingerprint density at radius 1 is 1.23 bits per heavy atom. The van der Waals surface area contributed by atoms with Crippen molar-refractivity contribution in [2.75, 3.05) is 4.90 Å². The lowest BCUT2D eigenvalue weighted by molar-refractivity contribution is -0.139. The SMILES string of the molecule is CC(C)(SC1CC(=O)N(c2cccc3ccccc23)C1=O)C(N)C(=O)O. The number of nitrogens with zero attached hydrogens (tertiary/aromatic N) is 1. The molecule has 1 fully saturated rings. The third-order valence-electron chi connectivity index (χ3n) is 4.57. The zero-order chi connectivity index (χ0) is 19.1. The molecule has 26 heavy (non-hydrogen) atoms. The van der Waals surface area contributed by atoms with Crippen LogP contribution in [0, 0.1) is 0 Å². The van der Waals surface area contributed by atoms with Gasteiger partial charge in [0.15, 0.2) is 0 Å². The van der Waals surface area contributed by atoms with E-state index in [0.717, 1.165) is 22.5 Å². The lowest BCUT2D eigenvalue weighted by atomic mass is 10.1. The number of benzene rings is 2. The van der Waals surface area contributed by atoms with Gasteiger partial charge in [0.05, 0.1) is 10.9 Å². The fourth-order valence-electron chi connectivity index (χ4n) is 3.09. The summed E-state index contributed by atoms with van der Waals surface area (Å²) in [5, 5.41) is 10.3. The standard InChI is InChI=1S/C19H20N2O4S/c1-19(2,16(20)18(24)25)26-14-10-15(22)21(17(14)23)13-9-5-7-11-6-3-4-8-12(11)13/h3-9,14,16H,10,20H2,1-2H3,(H,24,25). The third-order valence-corrected chi connectivity index (χ3v) is 6.09. The minimum absolute atomic E-state index is 0.0302. The molecular formula is C19H20N2O4S. The molecule has 1 aliphatic heterocycles. The summed E-state index contributed by atoms with van der Waals surface area (Å²) in [6.45, 7) is 3.35. The van der Waals surface area contributed by atoms with Crippen LogP contribution in [0.5, 0.6) is 0 Å². The number of hydrogen-bond donors (Lipinski definition) is 2. The first-order valence-corrected chi connectivity index (χ1v) is 9.11. The van der Waals surface area contributed by atoms with Gasteiger partial charge in [-0.05, 0) is 25.3 Å². The molecule has 1 heterocycles. The summed E-state index contributed by atoms with van der Waals surface area (Å²) in [6.07, 6.45) is 0.0302. The molecule has 0 aromatic heterocycles. The van der Waals surface area contributed by atoms with Crippen LogP contribution in [0.25, 0.3) is 10.8 Å². The van der Waals surface area contributed by atoms with Crippen LogP contribution in [-0.2, 0) is 14.4 Å². The topological polar surface area (TPSA) is 101 Å². The van der Waals surface area contributed by atoms with E-state index in [2.05, 4.69) is 0 Å². The van der Waals surface area contributed by atoms with Gasteiger partial charge in [0.2, 0.25) is 11.8 Å². The average molecular weight is 372 g/mol. The molecule has 2 atom stereocenters. The smallest absolute Gasteiger partial charge is 0.321 e. The van der Waals surface area contributed by atoms with Crippen LogP contribution >= 0.6 is 11.8 Å². The summed E-state index contributed by atoms with van der Waals surface area (Å²) < 4.78 is -0.888. The van der Waals surface area contributed by atoms with Crippen LogP contribution in [-0.4, -0.2) is 38.9 Å². The Kier molecular flexibility index (Phi) is 4.77. The number of amides is 2. The maximum absolute atomic E-state index is 12.9. The molecule has 136 valence electrons. The Bertz CT molecular complexity index is 891. The highest BCUT2D eigenvalue weighted by Gasteiger charge is 2.45. The van der Waals surface area contributed by atoms with Crippen molar-refractivity contribution >= 4 is 46.0 Å². The number of imide groups is 1. The molecule has 1 saturated heterocycles. The van der Waals surface area contributed by atoms with E-state index in [0.29, 0.717) is 5.69 Å². The summed E-state index contributed by atoms with van der Waals surface area (Å²) in [5.41, 5.74) is 6.30. The maximum atomic E-state index is 12.9. The summed E-state index contributed by atoms with van der Waals surface area (Å²) in [7, 11) is 0. The molecule has 0 aliphatic carbocycles. The number of carbonyl (C=O) groups is 3. The van der Waals surface area contributed by atoms with Crippen molar-refractivity contribution < 1.29 is 19.5 Å². The summed E-state index contributed by atoms with van der Waals surface area (Å²) in [5.74, 6) is -1.75. The van der Waals surface area contributed by atoms with Gasteiger partial charge >= 0.3 is 5.97 Å². The Balaban J connectivity index is 1.91. The van der Waals surface area contributed by atoms with Crippen LogP contribution in [0.1, 0.15) is 20.3 Å². The number of anilines is 1. The number of rotatable bonds is 5. The number of carboxylic acid groups (broad SMARTS) is 1. The van der Waals surface area contributed by atoms with Gasteiger partial charge in [-0.3, -0.25) is 14.4 Å². The largest absolute Gasteiger partial charge is 0.480 e. The molecule has 2 aromatic carbocycles. The lowest BCUT2D eigenvalue weighted by Crippen LogP contribution is -2.48. The number of fused-ring (bicyclic) bond motifs is 1. The van der Waals surface area contributed by atoms with Gasteiger partial charge in [0.1, 0.15) is 6.04 Å². The Morgan fingerprint density at radius 3 is 2.58 bits per heavy atom. The second-order valence-corrected chi connectivity index (χ2v) is 8.65. The predicted molar refractivity (Wildman–Crippen MR) is 102 cm³/mol. The minimum Gasteiger partial charge on any atom is -0.480 e. The van der Waals surface area contributed by atoms with E-state index in [4.69, 9.17) is 10.8 Å². The zero-order valence-electron chi connectivity index (χ0n) is 14.5. The summed E-state index contributed by atoms with van der Waals surface area (Å²) >= 11 is 1.14. The average Bonchev–Trinajstić information content (AvgIpc) is 2.86. The van der Waals surface area contributed by atoms with Crippen molar-refractivity contribution in [3.05, 3.63) is 42.5 Å². The van der Waals surface area contributed by atoms with Gasteiger partial charge in [0.25, 0.3) is 0 Å². The second kappa shape index (κ2) is 6.74. The summed E-state index contributed by atoms with van der Waals surface area (Å²) in [4.78, 5) is 37.9. The number of aliphatic carboxylic acids is 1. The molecule has 0 radical (unpaired) electrons. The van der Waals surface area contributed by atoms with Crippen LogP contribution < -0.4 is 10.6 Å². The fraction of sp³-hybridized carbons (Fsp3) is 0.316.